The van der Waals surface area contributed by atoms with Crippen LogP contribution in [0, 0.1) is 10.7 Å². The number of rotatable bonds is 0. The minimum absolute atomic E-state index is 0.0828. The van der Waals surface area contributed by atoms with E-state index in [1.54, 1.807) is 0 Å². The van der Waals surface area contributed by atoms with Gasteiger partial charge < -0.3 is 4.98 Å². The number of nitrogens with one attached hydrogen (secondary N) is 1. The second-order valence-electron chi connectivity index (χ2n) is 4.19. The topological polar surface area (TPSA) is 28.7 Å². The molecule has 0 saturated heterocycles. The average molecular weight is 248 g/mol. The van der Waals surface area contributed by atoms with Crippen molar-refractivity contribution < 1.29 is 13.2 Å². The fraction of sp³-hybridized carbons (Fsp3) is 0.600. The number of H-pyrrole nitrogens is 1. The van der Waals surface area contributed by atoms with E-state index in [1.165, 1.54) is 0 Å². The molecule has 1 aliphatic carbocycles. The molecule has 0 radical (unpaired) electrons. The predicted octanol–water partition coefficient (Wildman–Crippen LogP) is 3.28. The highest BCUT2D eigenvalue weighted by Gasteiger charge is 2.37. The number of aromatic nitrogens is 2. The van der Waals surface area contributed by atoms with Crippen LogP contribution in [0.1, 0.15) is 30.3 Å². The molecule has 1 aliphatic rings. The number of aromatic amines is 1. The summed E-state index contributed by atoms with van der Waals surface area (Å²) < 4.78 is 38.2. The van der Waals surface area contributed by atoms with Crippen LogP contribution in [0.4, 0.5) is 13.2 Å². The number of halogens is 3. The first-order valence-electron chi connectivity index (χ1n) is 5.07. The molecule has 6 heteroatoms. The summed E-state index contributed by atoms with van der Waals surface area (Å²) >= 11 is 4.72. The van der Waals surface area contributed by atoms with Crippen molar-refractivity contribution in [2.75, 3.05) is 0 Å². The molecular weight excluding hydrogens is 237 g/mol. The van der Waals surface area contributed by atoms with Gasteiger partial charge in [0.25, 0.3) is 0 Å². The standard InChI is InChI=1S/C10H11F3N2S/c1-5-2-3-7-6(4-5)8(10(11,12)13)15-9(16)14-7/h5H,2-4H2,1H3,(H,14,15,16). The van der Waals surface area contributed by atoms with Crippen molar-refractivity contribution >= 4 is 12.2 Å². The lowest BCUT2D eigenvalue weighted by Gasteiger charge is -2.23. The second kappa shape index (κ2) is 3.84. The number of fused-ring (bicyclic) bond motifs is 1. The number of nitrogens with zero attached hydrogens (tertiary/aromatic N) is 1. The van der Waals surface area contributed by atoms with Crippen LogP contribution in [-0.4, -0.2) is 9.97 Å². The Morgan fingerprint density at radius 1 is 1.44 bits per heavy atom. The van der Waals surface area contributed by atoms with Crippen molar-refractivity contribution in [2.45, 2.75) is 32.4 Å². The molecule has 1 N–H and O–H groups in total. The van der Waals surface area contributed by atoms with Gasteiger partial charge in [-0.25, -0.2) is 4.98 Å². The maximum atomic E-state index is 12.8. The van der Waals surface area contributed by atoms with Crippen molar-refractivity contribution in [1.29, 1.82) is 0 Å². The second-order valence-corrected chi connectivity index (χ2v) is 4.58. The molecule has 0 spiro atoms. The van der Waals surface area contributed by atoms with Crippen molar-refractivity contribution in [3.05, 3.63) is 21.7 Å². The maximum absolute atomic E-state index is 12.8. The summed E-state index contributed by atoms with van der Waals surface area (Å²) in [6, 6.07) is 0. The molecule has 0 saturated carbocycles. The third-order valence-corrected chi connectivity index (χ3v) is 3.02. The van der Waals surface area contributed by atoms with Crippen LogP contribution in [0.5, 0.6) is 0 Å². The van der Waals surface area contributed by atoms with Crippen LogP contribution in [0.15, 0.2) is 0 Å². The first kappa shape index (κ1) is 11.6. The molecule has 1 aromatic heterocycles. The van der Waals surface area contributed by atoms with Crippen LogP contribution in [-0.2, 0) is 19.0 Å². The molecule has 88 valence electrons. The average Bonchev–Trinajstić information content (AvgIpc) is 2.16. The maximum Gasteiger partial charge on any atom is 0.433 e. The van der Waals surface area contributed by atoms with E-state index in [0.717, 1.165) is 6.42 Å². The van der Waals surface area contributed by atoms with Gasteiger partial charge in [0, 0.05) is 11.3 Å². The number of aryl methyl sites for hydroxylation is 1. The quantitative estimate of drug-likeness (QED) is 0.714. The van der Waals surface area contributed by atoms with Gasteiger partial charge in [-0.15, -0.1) is 0 Å². The molecule has 1 atom stereocenters. The van der Waals surface area contributed by atoms with E-state index in [1.807, 2.05) is 6.92 Å². The Kier molecular flexibility index (Phi) is 2.77. The Hall–Kier alpha value is -0.910. The normalized spacial score (nSPS) is 20.6. The van der Waals surface area contributed by atoms with Gasteiger partial charge in [0.05, 0.1) is 0 Å². The van der Waals surface area contributed by atoms with Gasteiger partial charge in [0.1, 0.15) is 0 Å². The number of hydrogen-bond acceptors (Lipinski definition) is 2. The summed E-state index contributed by atoms with van der Waals surface area (Å²) in [5.74, 6) is 0.264. The zero-order valence-electron chi connectivity index (χ0n) is 8.69. The first-order valence-corrected chi connectivity index (χ1v) is 5.48. The van der Waals surface area contributed by atoms with Crippen LogP contribution in [0.2, 0.25) is 0 Å². The minimum Gasteiger partial charge on any atom is -0.334 e. The Morgan fingerprint density at radius 2 is 2.12 bits per heavy atom. The van der Waals surface area contributed by atoms with Gasteiger partial charge >= 0.3 is 6.18 Å². The number of hydrogen-bond donors (Lipinski definition) is 1. The summed E-state index contributed by atoms with van der Waals surface area (Å²) in [6.45, 7) is 1.95. The van der Waals surface area contributed by atoms with Crippen molar-refractivity contribution in [3.8, 4) is 0 Å². The van der Waals surface area contributed by atoms with Gasteiger partial charge in [-0.05, 0) is 37.4 Å². The molecule has 0 amide bonds. The Balaban J connectivity index is 2.60. The van der Waals surface area contributed by atoms with E-state index in [0.29, 0.717) is 24.1 Å². The third-order valence-electron chi connectivity index (χ3n) is 2.83. The van der Waals surface area contributed by atoms with Crippen molar-refractivity contribution in [3.63, 3.8) is 0 Å². The highest BCUT2D eigenvalue weighted by molar-refractivity contribution is 7.71. The first-order chi connectivity index (χ1) is 7.38. The van der Waals surface area contributed by atoms with E-state index in [4.69, 9.17) is 12.2 Å². The summed E-state index contributed by atoms with van der Waals surface area (Å²) in [4.78, 5) is 6.19. The third kappa shape index (κ3) is 2.11. The van der Waals surface area contributed by atoms with Gasteiger partial charge in [0.2, 0.25) is 0 Å². The molecular formula is C10H11F3N2S. The van der Waals surface area contributed by atoms with Gasteiger partial charge in [-0.2, -0.15) is 13.2 Å². The van der Waals surface area contributed by atoms with E-state index in [-0.39, 0.29) is 10.7 Å². The van der Waals surface area contributed by atoms with Gasteiger partial charge in [-0.3, -0.25) is 0 Å². The van der Waals surface area contributed by atoms with E-state index in [9.17, 15) is 13.2 Å². The Labute approximate surface area is 95.9 Å². The molecule has 1 aromatic rings. The lowest BCUT2D eigenvalue weighted by Crippen LogP contribution is -2.21. The fourth-order valence-electron chi connectivity index (χ4n) is 2.05. The Morgan fingerprint density at radius 3 is 2.75 bits per heavy atom. The zero-order valence-corrected chi connectivity index (χ0v) is 9.50. The smallest absolute Gasteiger partial charge is 0.334 e. The number of alkyl halides is 3. The van der Waals surface area contributed by atoms with E-state index in [2.05, 4.69) is 9.97 Å². The minimum atomic E-state index is -4.41. The molecule has 2 nitrogen and oxygen atoms in total. The molecule has 1 unspecified atom stereocenters. The van der Waals surface area contributed by atoms with Crippen LogP contribution >= 0.6 is 12.2 Å². The SMILES string of the molecule is CC1CCc2[nH]c(=S)nc(C(F)(F)F)c2C1. The van der Waals surface area contributed by atoms with Crippen LogP contribution < -0.4 is 0 Å². The van der Waals surface area contributed by atoms with Crippen molar-refractivity contribution in [2.24, 2.45) is 5.92 Å². The molecule has 0 fully saturated rings. The van der Waals surface area contributed by atoms with Gasteiger partial charge in [-0.1, -0.05) is 6.92 Å². The van der Waals surface area contributed by atoms with E-state index >= 15 is 0 Å². The fourth-order valence-corrected chi connectivity index (χ4v) is 2.27. The van der Waals surface area contributed by atoms with Crippen molar-refractivity contribution in [1.82, 2.24) is 9.97 Å². The summed E-state index contributed by atoms with van der Waals surface area (Å²) in [5, 5.41) is 0. The summed E-state index contributed by atoms with van der Waals surface area (Å²) in [6.07, 6.45) is -2.49. The largest absolute Gasteiger partial charge is 0.433 e. The monoisotopic (exact) mass is 248 g/mol. The molecule has 0 aromatic carbocycles. The zero-order chi connectivity index (χ0) is 11.9. The van der Waals surface area contributed by atoms with Crippen LogP contribution in [0.3, 0.4) is 0 Å². The lowest BCUT2D eigenvalue weighted by molar-refractivity contribution is -0.142. The van der Waals surface area contributed by atoms with Crippen LogP contribution in [0.25, 0.3) is 0 Å². The molecule has 2 rings (SSSR count). The summed E-state index contributed by atoms with van der Waals surface area (Å²) in [7, 11) is 0. The molecule has 0 bridgehead atoms. The predicted molar refractivity (Wildman–Crippen MR) is 55.6 cm³/mol. The summed E-state index contributed by atoms with van der Waals surface area (Å²) in [5.41, 5.74) is 0.0862. The van der Waals surface area contributed by atoms with Gasteiger partial charge in [0.15, 0.2) is 10.5 Å². The molecule has 0 aliphatic heterocycles. The Bertz CT molecular complexity index is 464. The molecule has 1 heterocycles. The highest BCUT2D eigenvalue weighted by atomic mass is 32.1. The van der Waals surface area contributed by atoms with E-state index < -0.39 is 11.9 Å². The lowest BCUT2D eigenvalue weighted by atomic mass is 9.87. The molecule has 16 heavy (non-hydrogen) atoms. The highest BCUT2D eigenvalue weighted by Crippen LogP contribution is 2.35.